The minimum absolute atomic E-state index is 0.0879. The SMILES string of the molecule is C/C=C1\C([C@]2(C)CC[C@@]3(C)C[C@](C)(CCC(C)(C)C(N)=O)CC[C@]3(C)C2)=CC(=O)C(O)=C1C. The molecule has 0 aromatic carbocycles. The van der Waals surface area contributed by atoms with Crippen molar-refractivity contribution < 1.29 is 14.7 Å². The van der Waals surface area contributed by atoms with Crippen LogP contribution >= 0.6 is 0 Å². The van der Waals surface area contributed by atoms with Gasteiger partial charge in [-0.25, -0.2) is 0 Å². The predicted octanol–water partition coefficient (Wildman–Crippen LogP) is 6.96. The number of allylic oxidation sites excluding steroid dienone is 5. The molecule has 0 aromatic rings. The lowest BCUT2D eigenvalue weighted by atomic mass is 9.42. The van der Waals surface area contributed by atoms with Crippen LogP contribution in [0.3, 0.4) is 0 Å². The van der Waals surface area contributed by atoms with Gasteiger partial charge in [0, 0.05) is 11.0 Å². The van der Waals surface area contributed by atoms with Crippen molar-refractivity contribution in [2.45, 2.75) is 107 Å². The van der Waals surface area contributed by atoms with Crippen LogP contribution in [0.25, 0.3) is 0 Å². The fraction of sp³-hybridized carbons (Fsp3) is 0.724. The second-order valence-electron chi connectivity index (χ2n) is 13.2. The highest BCUT2D eigenvalue weighted by molar-refractivity contribution is 6.06. The first-order chi connectivity index (χ1) is 15.0. The predicted molar refractivity (Wildman–Crippen MR) is 135 cm³/mol. The van der Waals surface area contributed by atoms with Crippen LogP contribution in [-0.4, -0.2) is 16.8 Å². The van der Waals surface area contributed by atoms with Crippen LogP contribution in [0.2, 0.25) is 0 Å². The van der Waals surface area contributed by atoms with E-state index in [4.69, 9.17) is 5.73 Å². The highest BCUT2D eigenvalue weighted by Crippen LogP contribution is 2.68. The van der Waals surface area contributed by atoms with E-state index in [1.165, 1.54) is 0 Å². The van der Waals surface area contributed by atoms with Gasteiger partial charge in [0.2, 0.25) is 11.7 Å². The lowest BCUT2D eigenvalue weighted by Crippen LogP contribution is -2.53. The molecule has 3 rings (SSSR count). The zero-order valence-corrected chi connectivity index (χ0v) is 22.2. The Hall–Kier alpha value is -1.84. The van der Waals surface area contributed by atoms with Gasteiger partial charge in [-0.05, 0) is 104 Å². The Morgan fingerprint density at radius 1 is 1.09 bits per heavy atom. The van der Waals surface area contributed by atoms with Crippen molar-refractivity contribution in [3.05, 3.63) is 34.6 Å². The van der Waals surface area contributed by atoms with E-state index >= 15 is 0 Å². The first-order valence-electron chi connectivity index (χ1n) is 12.6. The van der Waals surface area contributed by atoms with Crippen LogP contribution in [0, 0.1) is 27.1 Å². The summed E-state index contributed by atoms with van der Waals surface area (Å²) < 4.78 is 0. The number of carbonyl (C=O) groups excluding carboxylic acids is 2. The highest BCUT2D eigenvalue weighted by Gasteiger charge is 2.58. The van der Waals surface area contributed by atoms with Crippen LogP contribution in [0.1, 0.15) is 107 Å². The first kappa shape index (κ1) is 25.8. The lowest BCUT2D eigenvalue weighted by molar-refractivity contribution is -0.128. The van der Waals surface area contributed by atoms with Crippen molar-refractivity contribution in [3.8, 4) is 0 Å². The Morgan fingerprint density at radius 2 is 1.67 bits per heavy atom. The minimum atomic E-state index is -0.463. The fourth-order valence-corrected chi connectivity index (χ4v) is 7.16. The van der Waals surface area contributed by atoms with Gasteiger partial charge in [0.25, 0.3) is 0 Å². The first-order valence-corrected chi connectivity index (χ1v) is 12.6. The number of fused-ring (bicyclic) bond motifs is 1. The normalized spacial score (nSPS) is 38.8. The Balaban J connectivity index is 1.84. The zero-order chi connectivity index (χ0) is 25.0. The molecule has 1 amide bonds. The van der Waals surface area contributed by atoms with Crippen LogP contribution in [-0.2, 0) is 9.59 Å². The van der Waals surface area contributed by atoms with E-state index in [0.29, 0.717) is 5.57 Å². The number of aliphatic hydroxyl groups excluding tert-OH is 1. The molecular formula is C29H45NO3. The van der Waals surface area contributed by atoms with E-state index in [1.54, 1.807) is 6.08 Å². The summed E-state index contributed by atoms with van der Waals surface area (Å²) in [6, 6.07) is 0. The maximum Gasteiger partial charge on any atom is 0.223 e. The van der Waals surface area contributed by atoms with Gasteiger partial charge in [-0.1, -0.05) is 47.6 Å². The monoisotopic (exact) mass is 455 g/mol. The molecule has 184 valence electrons. The van der Waals surface area contributed by atoms with Crippen molar-refractivity contribution in [1.29, 1.82) is 0 Å². The van der Waals surface area contributed by atoms with Crippen LogP contribution < -0.4 is 5.73 Å². The standard InChI is InChI=1S/C29H45NO3/c1-9-20-19(2)23(32)22(31)16-21(20)27(6)13-15-28(7)17-26(5,12-14-29(28,8)18-27)11-10-25(3,4)24(30)33/h9,16,32H,10-15,17-18H2,1-8H3,(H2,30,33)/b20-9-/t26-,27-,28+,29-/m1/s1. The molecule has 0 aliphatic heterocycles. The van der Waals surface area contributed by atoms with Gasteiger partial charge in [0.05, 0.1) is 0 Å². The number of hydrogen-bond acceptors (Lipinski definition) is 3. The van der Waals surface area contributed by atoms with Gasteiger partial charge < -0.3 is 10.8 Å². The van der Waals surface area contributed by atoms with Gasteiger partial charge in [0.1, 0.15) is 0 Å². The van der Waals surface area contributed by atoms with Crippen LogP contribution in [0.5, 0.6) is 0 Å². The summed E-state index contributed by atoms with van der Waals surface area (Å²) in [7, 11) is 0. The molecular weight excluding hydrogens is 410 g/mol. The number of nitrogens with two attached hydrogens (primary N) is 1. The van der Waals surface area contributed by atoms with Gasteiger partial charge in [0.15, 0.2) is 5.76 Å². The smallest absolute Gasteiger partial charge is 0.223 e. The van der Waals surface area contributed by atoms with Crippen molar-refractivity contribution in [2.24, 2.45) is 32.8 Å². The van der Waals surface area contributed by atoms with Gasteiger partial charge in [-0.3, -0.25) is 9.59 Å². The number of amides is 1. The summed E-state index contributed by atoms with van der Waals surface area (Å²) in [6.07, 6.45) is 12.3. The van der Waals surface area contributed by atoms with E-state index in [2.05, 4.69) is 27.7 Å². The molecule has 4 nitrogen and oxygen atoms in total. The third-order valence-corrected chi connectivity index (χ3v) is 10.1. The Morgan fingerprint density at radius 3 is 2.24 bits per heavy atom. The molecule has 3 aliphatic rings. The van der Waals surface area contributed by atoms with E-state index in [1.807, 2.05) is 33.8 Å². The van der Waals surface area contributed by atoms with E-state index in [-0.39, 0.29) is 39.1 Å². The van der Waals surface area contributed by atoms with Crippen LogP contribution in [0.15, 0.2) is 34.6 Å². The fourth-order valence-electron chi connectivity index (χ4n) is 7.16. The summed E-state index contributed by atoms with van der Waals surface area (Å²) in [5.74, 6) is -0.590. The summed E-state index contributed by atoms with van der Waals surface area (Å²) in [4.78, 5) is 24.4. The number of carbonyl (C=O) groups is 2. The molecule has 33 heavy (non-hydrogen) atoms. The molecule has 3 aliphatic carbocycles. The number of hydrogen-bond donors (Lipinski definition) is 2. The van der Waals surface area contributed by atoms with E-state index in [0.717, 1.165) is 62.5 Å². The maximum atomic E-state index is 12.5. The molecule has 0 spiro atoms. The number of primary amides is 1. The molecule has 3 N–H and O–H groups in total. The van der Waals surface area contributed by atoms with Crippen molar-refractivity contribution in [3.63, 3.8) is 0 Å². The van der Waals surface area contributed by atoms with Crippen molar-refractivity contribution in [2.75, 3.05) is 0 Å². The third-order valence-electron chi connectivity index (χ3n) is 10.1. The van der Waals surface area contributed by atoms with Crippen molar-refractivity contribution >= 4 is 11.7 Å². The number of rotatable bonds is 5. The topological polar surface area (TPSA) is 80.4 Å². The molecule has 0 bridgehead atoms. The highest BCUT2D eigenvalue weighted by atomic mass is 16.3. The average Bonchev–Trinajstić information content (AvgIpc) is 2.72. The molecule has 2 saturated carbocycles. The molecule has 0 aromatic heterocycles. The lowest BCUT2D eigenvalue weighted by Gasteiger charge is -2.63. The van der Waals surface area contributed by atoms with Gasteiger partial charge in [-0.15, -0.1) is 0 Å². The summed E-state index contributed by atoms with van der Waals surface area (Å²) in [5, 5.41) is 10.2. The summed E-state index contributed by atoms with van der Waals surface area (Å²) >= 11 is 0. The van der Waals surface area contributed by atoms with Gasteiger partial charge >= 0.3 is 0 Å². The third kappa shape index (κ3) is 4.35. The van der Waals surface area contributed by atoms with Crippen molar-refractivity contribution in [1.82, 2.24) is 0 Å². The Kier molecular flexibility index (Phi) is 6.35. The second-order valence-corrected chi connectivity index (χ2v) is 13.2. The van der Waals surface area contributed by atoms with Gasteiger partial charge in [-0.2, -0.15) is 0 Å². The molecule has 0 saturated heterocycles. The van der Waals surface area contributed by atoms with E-state index in [9.17, 15) is 14.7 Å². The zero-order valence-electron chi connectivity index (χ0n) is 22.2. The molecule has 4 atom stereocenters. The molecule has 2 fully saturated rings. The largest absolute Gasteiger partial charge is 0.504 e. The van der Waals surface area contributed by atoms with E-state index < -0.39 is 5.41 Å². The summed E-state index contributed by atoms with van der Waals surface area (Å²) in [5.41, 5.74) is 8.54. The Bertz CT molecular complexity index is 954. The molecule has 0 heterocycles. The second kappa shape index (κ2) is 8.13. The minimum Gasteiger partial charge on any atom is -0.504 e. The average molecular weight is 456 g/mol. The maximum absolute atomic E-state index is 12.5. The Labute approximate surface area is 200 Å². The quantitative estimate of drug-likeness (QED) is 0.470. The summed E-state index contributed by atoms with van der Waals surface area (Å²) in [6.45, 7) is 17.4. The number of aliphatic hydroxyl groups is 1. The van der Waals surface area contributed by atoms with Crippen LogP contribution in [0.4, 0.5) is 0 Å². The molecule has 0 unspecified atom stereocenters. The number of ketones is 1. The molecule has 0 radical (unpaired) electrons. The molecule has 4 heteroatoms.